The zero-order valence-corrected chi connectivity index (χ0v) is 23.2. The minimum absolute atomic E-state index is 0.0449. The second-order valence-corrected chi connectivity index (χ2v) is 13.3. The van der Waals surface area contributed by atoms with Crippen molar-refractivity contribution < 1.29 is 29.7 Å². The van der Waals surface area contributed by atoms with Crippen molar-refractivity contribution in [2.45, 2.75) is 112 Å². The van der Waals surface area contributed by atoms with Gasteiger partial charge in [-0.2, -0.15) is 0 Å². The lowest BCUT2D eigenvalue weighted by Crippen LogP contribution is -2.51. The van der Waals surface area contributed by atoms with E-state index in [1.165, 1.54) is 0 Å². The molecule has 6 heteroatoms. The minimum Gasteiger partial charge on any atom is -0.478 e. The Bertz CT molecular complexity index is 976. The van der Waals surface area contributed by atoms with Crippen LogP contribution < -0.4 is 0 Å². The number of aliphatic carboxylic acids is 1. The third-order valence-corrected chi connectivity index (χ3v) is 10.7. The van der Waals surface area contributed by atoms with Crippen LogP contribution in [0, 0.1) is 33.5 Å². The predicted molar refractivity (Wildman–Crippen MR) is 139 cm³/mol. The molecule has 2 bridgehead atoms. The summed E-state index contributed by atoms with van der Waals surface area (Å²) in [5.74, 6) is -1.19. The van der Waals surface area contributed by atoms with Gasteiger partial charge in [0, 0.05) is 22.0 Å². The number of rotatable bonds is 5. The Kier molecular flexibility index (Phi) is 7.86. The fourth-order valence-electron chi connectivity index (χ4n) is 7.39. The smallest absolute Gasteiger partial charge is 0.330 e. The van der Waals surface area contributed by atoms with Crippen LogP contribution in [0.2, 0.25) is 0 Å². The molecule has 0 aromatic heterocycles. The zero-order valence-electron chi connectivity index (χ0n) is 23.2. The molecule has 36 heavy (non-hydrogen) atoms. The van der Waals surface area contributed by atoms with Crippen molar-refractivity contribution in [3.8, 4) is 0 Å². The lowest BCUT2D eigenvalue weighted by molar-refractivity contribution is -0.138. The molecule has 2 fully saturated rings. The normalized spacial score (nSPS) is 41.6. The number of carboxylic acid groups (broad SMARTS) is 1. The highest BCUT2D eigenvalue weighted by atomic mass is 16.4. The molecule has 3 aliphatic rings. The third-order valence-electron chi connectivity index (χ3n) is 10.7. The molecule has 0 spiro atoms. The zero-order chi connectivity index (χ0) is 27.3. The van der Waals surface area contributed by atoms with Gasteiger partial charge in [-0.1, -0.05) is 47.6 Å². The van der Waals surface area contributed by atoms with Gasteiger partial charge in [0.1, 0.15) is 6.10 Å². The van der Waals surface area contributed by atoms with Gasteiger partial charge in [-0.25, -0.2) is 4.79 Å². The molecule has 0 aromatic carbocycles. The van der Waals surface area contributed by atoms with E-state index in [1.807, 2.05) is 20.8 Å². The van der Waals surface area contributed by atoms with Crippen LogP contribution in [0.3, 0.4) is 0 Å². The van der Waals surface area contributed by atoms with Crippen molar-refractivity contribution in [1.82, 2.24) is 0 Å². The molecular formula is C30H46O6. The highest BCUT2D eigenvalue weighted by Gasteiger charge is 2.58. The van der Waals surface area contributed by atoms with Gasteiger partial charge in [0.25, 0.3) is 0 Å². The molecule has 0 aliphatic heterocycles. The quantitative estimate of drug-likeness (QED) is 0.442. The van der Waals surface area contributed by atoms with Crippen LogP contribution in [0.5, 0.6) is 0 Å². The second kappa shape index (κ2) is 9.83. The van der Waals surface area contributed by atoms with E-state index < -0.39 is 34.4 Å². The Morgan fingerprint density at radius 1 is 1.06 bits per heavy atom. The first-order valence-corrected chi connectivity index (χ1v) is 13.6. The van der Waals surface area contributed by atoms with Gasteiger partial charge in [0.15, 0.2) is 11.6 Å². The Hall–Kier alpha value is -1.79. The summed E-state index contributed by atoms with van der Waals surface area (Å²) in [7, 11) is 0. The summed E-state index contributed by atoms with van der Waals surface area (Å²) in [4.78, 5) is 39.1. The number of hydrogen-bond donors (Lipinski definition) is 3. The Morgan fingerprint density at radius 3 is 2.31 bits per heavy atom. The van der Waals surface area contributed by atoms with E-state index in [0.29, 0.717) is 50.5 Å². The summed E-state index contributed by atoms with van der Waals surface area (Å²) in [6.07, 6.45) is 6.36. The number of fused-ring (bicyclic) bond motifs is 4. The van der Waals surface area contributed by atoms with E-state index in [-0.39, 0.29) is 34.4 Å². The number of aliphatic hydroxyl groups excluding tert-OH is 2. The van der Waals surface area contributed by atoms with Crippen molar-refractivity contribution in [3.63, 3.8) is 0 Å². The van der Waals surface area contributed by atoms with E-state index in [4.69, 9.17) is 5.11 Å². The fourth-order valence-corrected chi connectivity index (χ4v) is 7.39. The first-order valence-electron chi connectivity index (χ1n) is 13.6. The van der Waals surface area contributed by atoms with Crippen LogP contribution in [0.1, 0.15) is 99.8 Å². The van der Waals surface area contributed by atoms with Crippen LogP contribution >= 0.6 is 0 Å². The molecule has 3 rings (SSSR count). The number of carboxylic acids is 1. The summed E-state index contributed by atoms with van der Waals surface area (Å²) >= 11 is 0. The highest BCUT2D eigenvalue weighted by Crippen LogP contribution is 2.61. The van der Waals surface area contributed by atoms with Crippen molar-refractivity contribution >= 4 is 17.5 Å². The topological polar surface area (TPSA) is 112 Å². The average Bonchev–Trinajstić information content (AvgIpc) is 2.87. The molecular weight excluding hydrogens is 456 g/mol. The average molecular weight is 503 g/mol. The minimum atomic E-state index is -1.37. The van der Waals surface area contributed by atoms with Gasteiger partial charge < -0.3 is 15.3 Å². The maximum atomic E-state index is 14.2. The van der Waals surface area contributed by atoms with Crippen LogP contribution in [0.15, 0.2) is 23.3 Å². The van der Waals surface area contributed by atoms with Gasteiger partial charge in [-0.3, -0.25) is 9.59 Å². The van der Waals surface area contributed by atoms with E-state index >= 15 is 0 Å². The van der Waals surface area contributed by atoms with Gasteiger partial charge in [-0.15, -0.1) is 0 Å². The molecule has 6 nitrogen and oxygen atoms in total. The summed E-state index contributed by atoms with van der Waals surface area (Å²) in [6, 6.07) is 0. The summed E-state index contributed by atoms with van der Waals surface area (Å²) in [5.41, 5.74) is -1.50. The molecule has 0 heterocycles. The van der Waals surface area contributed by atoms with Crippen LogP contribution in [0.4, 0.5) is 0 Å². The first-order chi connectivity index (χ1) is 16.5. The first kappa shape index (κ1) is 28.8. The van der Waals surface area contributed by atoms with Gasteiger partial charge in [0.2, 0.25) is 0 Å². The van der Waals surface area contributed by atoms with E-state index in [1.54, 1.807) is 19.1 Å². The molecule has 202 valence electrons. The number of allylic oxidation sites excluding steroid dienone is 2. The maximum absolute atomic E-state index is 14.2. The van der Waals surface area contributed by atoms with Crippen LogP contribution in [-0.4, -0.2) is 45.1 Å². The highest BCUT2D eigenvalue weighted by molar-refractivity contribution is 6.03. The van der Waals surface area contributed by atoms with E-state index in [9.17, 15) is 24.6 Å². The molecule has 3 aliphatic carbocycles. The van der Waals surface area contributed by atoms with Gasteiger partial charge in [0.05, 0.1) is 6.10 Å². The van der Waals surface area contributed by atoms with Crippen LogP contribution in [-0.2, 0) is 14.4 Å². The van der Waals surface area contributed by atoms with Crippen molar-refractivity contribution in [1.29, 1.82) is 0 Å². The molecule has 3 N–H and O–H groups in total. The third kappa shape index (κ3) is 4.76. The molecule has 7 atom stereocenters. The maximum Gasteiger partial charge on any atom is 0.330 e. The van der Waals surface area contributed by atoms with Crippen LogP contribution in [0.25, 0.3) is 0 Å². The molecule has 0 amide bonds. The lowest BCUT2D eigenvalue weighted by atomic mass is 9.52. The van der Waals surface area contributed by atoms with Crippen molar-refractivity contribution in [3.05, 3.63) is 23.3 Å². The number of hydrogen-bond acceptors (Lipinski definition) is 5. The van der Waals surface area contributed by atoms with Crippen molar-refractivity contribution in [2.24, 2.45) is 33.5 Å². The number of aliphatic hydroxyl groups is 2. The Labute approximate surface area is 216 Å². The molecule has 2 saturated carbocycles. The SMILES string of the molecule is C/C(=C/CC[C@@H](C)[C@]1(C)CCC2(C)CC[C@@H]3C(C)(CC[C@@H](O)C3(C)C)/C(=C/[C@@H](O)C1=O)C2=O)C(=O)O. The molecule has 0 radical (unpaired) electrons. The largest absolute Gasteiger partial charge is 0.478 e. The summed E-state index contributed by atoms with van der Waals surface area (Å²) in [5, 5.41) is 31.2. The Balaban J connectivity index is 2.02. The number of Topliss-reactive ketones (excluding diaryl/α,β-unsaturated/α-hetero) is 2. The number of carbonyl (C=O) groups is 3. The van der Waals surface area contributed by atoms with Crippen molar-refractivity contribution in [2.75, 3.05) is 0 Å². The molecule has 0 aromatic rings. The molecule has 2 unspecified atom stereocenters. The number of carbonyl (C=O) groups excluding carboxylic acids is 2. The van der Waals surface area contributed by atoms with Gasteiger partial charge >= 0.3 is 5.97 Å². The monoisotopic (exact) mass is 502 g/mol. The summed E-state index contributed by atoms with van der Waals surface area (Å²) < 4.78 is 0. The fraction of sp³-hybridized carbons (Fsp3) is 0.767. The summed E-state index contributed by atoms with van der Waals surface area (Å²) in [6.45, 7) is 13.7. The van der Waals surface area contributed by atoms with E-state index in [0.717, 1.165) is 6.42 Å². The lowest BCUT2D eigenvalue weighted by Gasteiger charge is -2.53. The Morgan fingerprint density at radius 2 is 1.69 bits per heavy atom. The number of ketones is 2. The second-order valence-electron chi connectivity index (χ2n) is 13.3. The molecule has 0 saturated heterocycles. The predicted octanol–water partition coefficient (Wildman–Crippen LogP) is 5.26. The van der Waals surface area contributed by atoms with E-state index in [2.05, 4.69) is 20.8 Å². The van der Waals surface area contributed by atoms with Gasteiger partial charge in [-0.05, 0) is 87.0 Å². The standard InChI is InChI=1S/C30H46O6/c1-18(26(35)36)9-8-10-19(2)29(6)16-15-28(5)13-11-22-27(3,4)23(32)12-14-30(22,7)20(24(28)33)17-21(31)25(29)34/h9,17,19,21-23,31-32H,8,10-16H2,1-7H3,(H,35,36)/b18-9-,20-17+/t19-,21-,22+,23-,28?,29+,30?/m1/s1.